The molecule has 0 amide bonds. The lowest BCUT2D eigenvalue weighted by atomic mass is 10.2. The van der Waals surface area contributed by atoms with Crippen molar-refractivity contribution in [2.75, 3.05) is 0 Å². The number of aromatic nitrogens is 4. The topological polar surface area (TPSA) is 93.6 Å². The molecule has 0 radical (unpaired) electrons. The Labute approximate surface area is 86.2 Å². The Balaban J connectivity index is 2.20. The van der Waals surface area contributed by atoms with E-state index in [1.54, 1.807) is 18.5 Å². The van der Waals surface area contributed by atoms with Crippen LogP contribution < -0.4 is 5.73 Å². The first kappa shape index (κ1) is 9.60. The average molecular weight is 205 g/mol. The second kappa shape index (κ2) is 4.05. The molecule has 0 aromatic carbocycles. The highest BCUT2D eigenvalue weighted by Crippen LogP contribution is 2.15. The van der Waals surface area contributed by atoms with Gasteiger partial charge >= 0.3 is 0 Å². The third kappa shape index (κ3) is 1.94. The summed E-state index contributed by atoms with van der Waals surface area (Å²) in [5.41, 5.74) is 5.77. The number of hydrogen-bond donors (Lipinski definition) is 2. The van der Waals surface area contributed by atoms with Gasteiger partial charge in [0.15, 0.2) is 5.82 Å². The Morgan fingerprint density at radius 1 is 1.67 bits per heavy atom. The zero-order valence-corrected chi connectivity index (χ0v) is 8.05. The second-order valence-electron chi connectivity index (χ2n) is 3.02. The third-order valence-corrected chi connectivity index (χ3v) is 1.89. The normalized spacial score (nSPS) is 12.6. The van der Waals surface area contributed by atoms with Gasteiger partial charge in [-0.2, -0.15) is 4.98 Å². The van der Waals surface area contributed by atoms with Gasteiger partial charge in [-0.25, -0.2) is 4.98 Å². The molecular formula is C9H11N5O. The summed E-state index contributed by atoms with van der Waals surface area (Å²) >= 11 is 0. The monoisotopic (exact) mass is 205 g/mol. The van der Waals surface area contributed by atoms with Crippen LogP contribution in [0.5, 0.6) is 0 Å². The van der Waals surface area contributed by atoms with Crippen molar-refractivity contribution in [2.45, 2.75) is 12.5 Å². The van der Waals surface area contributed by atoms with E-state index in [0.29, 0.717) is 24.0 Å². The molecule has 0 aliphatic carbocycles. The van der Waals surface area contributed by atoms with Gasteiger partial charge in [0, 0.05) is 12.4 Å². The van der Waals surface area contributed by atoms with E-state index in [-0.39, 0.29) is 6.04 Å². The number of rotatable bonds is 4. The van der Waals surface area contributed by atoms with Crippen LogP contribution >= 0.6 is 0 Å². The van der Waals surface area contributed by atoms with E-state index in [0.717, 1.165) is 0 Å². The lowest BCUT2D eigenvalue weighted by molar-refractivity contribution is 0.355. The minimum Gasteiger partial charge on any atom is -0.342 e. The highest BCUT2D eigenvalue weighted by atomic mass is 16.5. The molecular weight excluding hydrogens is 194 g/mol. The summed E-state index contributed by atoms with van der Waals surface area (Å²) in [7, 11) is 0. The number of nitrogens with two attached hydrogens (primary N) is 1. The van der Waals surface area contributed by atoms with E-state index in [9.17, 15) is 0 Å². The van der Waals surface area contributed by atoms with Crippen LogP contribution in [0.2, 0.25) is 0 Å². The van der Waals surface area contributed by atoms with Gasteiger partial charge in [0.2, 0.25) is 11.7 Å². The fraction of sp³-hybridized carbons (Fsp3) is 0.222. The number of imidazole rings is 1. The highest BCUT2D eigenvalue weighted by molar-refractivity contribution is 5.40. The quantitative estimate of drug-likeness (QED) is 0.727. The van der Waals surface area contributed by atoms with Crippen molar-refractivity contribution >= 4 is 0 Å². The Kier molecular flexibility index (Phi) is 2.59. The largest absolute Gasteiger partial charge is 0.342 e. The summed E-state index contributed by atoms with van der Waals surface area (Å²) in [6.45, 7) is 3.59. The maximum Gasteiger partial charge on any atom is 0.244 e. The third-order valence-electron chi connectivity index (χ3n) is 1.89. The molecule has 0 aliphatic heterocycles. The summed E-state index contributed by atoms with van der Waals surface area (Å²) in [4.78, 5) is 11.0. The molecule has 3 N–H and O–H groups in total. The van der Waals surface area contributed by atoms with Crippen LogP contribution in [0, 0.1) is 0 Å². The molecule has 0 spiro atoms. The highest BCUT2D eigenvalue weighted by Gasteiger charge is 2.15. The molecule has 15 heavy (non-hydrogen) atoms. The molecule has 6 heteroatoms. The van der Waals surface area contributed by atoms with Crippen molar-refractivity contribution < 1.29 is 4.52 Å². The zero-order chi connectivity index (χ0) is 10.7. The number of aromatic amines is 1. The first-order valence-corrected chi connectivity index (χ1v) is 4.51. The van der Waals surface area contributed by atoms with Crippen LogP contribution in [0.3, 0.4) is 0 Å². The average Bonchev–Trinajstić information content (AvgIpc) is 2.89. The van der Waals surface area contributed by atoms with E-state index in [1.807, 2.05) is 0 Å². The van der Waals surface area contributed by atoms with Crippen molar-refractivity contribution in [3.8, 4) is 11.6 Å². The Hall–Kier alpha value is -1.95. The van der Waals surface area contributed by atoms with Crippen LogP contribution in [-0.2, 0) is 0 Å². The lowest BCUT2D eigenvalue weighted by Crippen LogP contribution is -2.09. The molecule has 1 atom stereocenters. The van der Waals surface area contributed by atoms with E-state index < -0.39 is 0 Å². The van der Waals surface area contributed by atoms with Gasteiger partial charge in [-0.05, 0) is 6.42 Å². The van der Waals surface area contributed by atoms with Gasteiger partial charge in [0.25, 0.3) is 0 Å². The fourth-order valence-electron chi connectivity index (χ4n) is 1.15. The molecule has 0 aliphatic rings. The fourth-order valence-corrected chi connectivity index (χ4v) is 1.15. The predicted octanol–water partition coefficient (Wildman–Crippen LogP) is 1.04. The number of H-pyrrole nitrogens is 1. The van der Waals surface area contributed by atoms with E-state index in [4.69, 9.17) is 10.3 Å². The molecule has 2 rings (SSSR count). The maximum absolute atomic E-state index is 5.77. The Morgan fingerprint density at radius 2 is 2.53 bits per heavy atom. The van der Waals surface area contributed by atoms with E-state index in [1.165, 1.54) is 0 Å². The van der Waals surface area contributed by atoms with Gasteiger partial charge < -0.3 is 15.2 Å². The van der Waals surface area contributed by atoms with Crippen molar-refractivity contribution in [3.63, 3.8) is 0 Å². The van der Waals surface area contributed by atoms with Crippen LogP contribution in [0.1, 0.15) is 18.4 Å². The standard InChI is InChI=1S/C9H11N5O/c1-2-3-6(10)9-13-8(14-15-9)7-11-4-5-12-7/h2,4-6H,1,3,10H2,(H,11,12). The van der Waals surface area contributed by atoms with Crippen LogP contribution in [0.4, 0.5) is 0 Å². The van der Waals surface area contributed by atoms with Gasteiger partial charge in [-0.1, -0.05) is 11.2 Å². The molecule has 0 fully saturated rings. The summed E-state index contributed by atoms with van der Waals surface area (Å²) in [5.74, 6) is 1.37. The molecule has 78 valence electrons. The smallest absolute Gasteiger partial charge is 0.244 e. The summed E-state index contributed by atoms with van der Waals surface area (Å²) < 4.78 is 5.01. The minimum atomic E-state index is -0.307. The molecule has 6 nitrogen and oxygen atoms in total. The van der Waals surface area contributed by atoms with Gasteiger partial charge in [0.05, 0.1) is 6.04 Å². The lowest BCUT2D eigenvalue weighted by Gasteiger charge is -1.99. The minimum absolute atomic E-state index is 0.307. The summed E-state index contributed by atoms with van der Waals surface area (Å²) in [6.07, 6.45) is 5.62. The summed E-state index contributed by atoms with van der Waals surface area (Å²) in [6, 6.07) is -0.307. The van der Waals surface area contributed by atoms with Gasteiger partial charge in [-0.15, -0.1) is 6.58 Å². The second-order valence-corrected chi connectivity index (χ2v) is 3.02. The SMILES string of the molecule is C=CCC(N)c1nc(-c2ncc[nH]2)no1. The molecule has 0 saturated carbocycles. The van der Waals surface area contributed by atoms with Gasteiger partial charge in [0.1, 0.15) is 0 Å². The van der Waals surface area contributed by atoms with Gasteiger partial charge in [-0.3, -0.25) is 0 Å². The molecule has 1 unspecified atom stereocenters. The first-order chi connectivity index (χ1) is 7.31. The number of hydrogen-bond acceptors (Lipinski definition) is 5. The Morgan fingerprint density at radius 3 is 3.20 bits per heavy atom. The maximum atomic E-state index is 5.77. The molecule has 2 aromatic heterocycles. The van der Waals surface area contributed by atoms with Crippen LogP contribution in [0.15, 0.2) is 29.6 Å². The number of nitrogens with one attached hydrogen (secondary N) is 1. The summed E-state index contributed by atoms with van der Waals surface area (Å²) in [5, 5.41) is 3.77. The van der Waals surface area contributed by atoms with Crippen molar-refractivity contribution in [1.82, 2.24) is 20.1 Å². The first-order valence-electron chi connectivity index (χ1n) is 4.51. The Bertz CT molecular complexity index is 433. The number of nitrogens with zero attached hydrogens (tertiary/aromatic N) is 3. The van der Waals surface area contributed by atoms with E-state index >= 15 is 0 Å². The van der Waals surface area contributed by atoms with Crippen LogP contribution in [0.25, 0.3) is 11.6 Å². The van der Waals surface area contributed by atoms with Crippen molar-refractivity contribution in [1.29, 1.82) is 0 Å². The predicted molar refractivity (Wildman–Crippen MR) is 53.6 cm³/mol. The van der Waals surface area contributed by atoms with Crippen molar-refractivity contribution in [3.05, 3.63) is 30.9 Å². The molecule has 2 aromatic rings. The van der Waals surface area contributed by atoms with Crippen LogP contribution in [-0.4, -0.2) is 20.1 Å². The molecule has 0 bridgehead atoms. The molecule has 2 heterocycles. The van der Waals surface area contributed by atoms with E-state index in [2.05, 4.69) is 26.7 Å². The molecule has 0 saturated heterocycles. The zero-order valence-electron chi connectivity index (χ0n) is 8.05. The van der Waals surface area contributed by atoms with Crippen molar-refractivity contribution in [2.24, 2.45) is 5.73 Å².